The van der Waals surface area contributed by atoms with Crippen LogP contribution < -0.4 is 5.32 Å². The Balaban J connectivity index is 1.46. The number of amides is 1. The molecule has 3 aromatic carbocycles. The summed E-state index contributed by atoms with van der Waals surface area (Å²) in [7, 11) is 0. The third kappa shape index (κ3) is 4.13. The molecule has 1 N–H and O–H groups in total. The zero-order valence-corrected chi connectivity index (χ0v) is 15.1. The van der Waals surface area contributed by atoms with Gasteiger partial charge >= 0.3 is 6.18 Å². The van der Waals surface area contributed by atoms with Crippen LogP contribution in [0.25, 0.3) is 16.7 Å². The molecule has 0 aliphatic carbocycles. The number of nitrogens with zero attached hydrogens (tertiary/aromatic N) is 2. The van der Waals surface area contributed by atoms with Crippen molar-refractivity contribution in [3.05, 3.63) is 90.3 Å². The predicted octanol–water partition coefficient (Wildman–Crippen LogP) is 5.23. The van der Waals surface area contributed by atoms with Crippen LogP contribution in [0.15, 0.2) is 79.1 Å². The molecule has 4 aromatic rings. The number of aromatic nitrogens is 2. The van der Waals surface area contributed by atoms with Gasteiger partial charge in [-0.3, -0.25) is 9.36 Å². The van der Waals surface area contributed by atoms with Gasteiger partial charge in [0.25, 0.3) is 0 Å². The van der Waals surface area contributed by atoms with Crippen molar-refractivity contribution in [2.24, 2.45) is 0 Å². The number of hydrogen-bond donors (Lipinski definition) is 1. The number of carbonyl (C=O) groups excluding carboxylic acids is 1. The molecule has 0 atom stereocenters. The van der Waals surface area contributed by atoms with Gasteiger partial charge in [-0.25, -0.2) is 4.98 Å². The first-order chi connectivity index (χ1) is 13.9. The van der Waals surface area contributed by atoms with Crippen molar-refractivity contribution in [2.75, 3.05) is 5.32 Å². The lowest BCUT2D eigenvalue weighted by molar-refractivity contribution is -0.137. The first-order valence-corrected chi connectivity index (χ1v) is 8.89. The molecule has 7 heteroatoms. The minimum Gasteiger partial charge on any atom is -0.326 e. The minimum atomic E-state index is -4.45. The summed E-state index contributed by atoms with van der Waals surface area (Å²) >= 11 is 0. The van der Waals surface area contributed by atoms with Gasteiger partial charge in [0, 0.05) is 11.4 Å². The Morgan fingerprint density at radius 1 is 0.966 bits per heavy atom. The van der Waals surface area contributed by atoms with Crippen LogP contribution in [-0.4, -0.2) is 15.5 Å². The average molecular weight is 395 g/mol. The molecule has 1 aromatic heterocycles. The number of halogens is 3. The van der Waals surface area contributed by atoms with Gasteiger partial charge in [0.2, 0.25) is 5.91 Å². The summed E-state index contributed by atoms with van der Waals surface area (Å²) in [5.74, 6) is -0.384. The largest absolute Gasteiger partial charge is 0.416 e. The number of carbonyl (C=O) groups is 1. The van der Waals surface area contributed by atoms with Gasteiger partial charge in [0.05, 0.1) is 23.0 Å². The van der Waals surface area contributed by atoms with E-state index < -0.39 is 11.7 Å². The van der Waals surface area contributed by atoms with Gasteiger partial charge < -0.3 is 5.32 Å². The monoisotopic (exact) mass is 395 g/mol. The third-order valence-electron chi connectivity index (χ3n) is 4.51. The topological polar surface area (TPSA) is 46.9 Å². The van der Waals surface area contributed by atoms with E-state index in [1.165, 1.54) is 12.1 Å². The van der Waals surface area contributed by atoms with E-state index in [9.17, 15) is 18.0 Å². The Hall–Kier alpha value is -3.61. The summed E-state index contributed by atoms with van der Waals surface area (Å²) in [6.45, 7) is 0. The van der Waals surface area contributed by atoms with E-state index in [0.717, 1.165) is 34.4 Å². The van der Waals surface area contributed by atoms with Gasteiger partial charge in [0.1, 0.15) is 6.33 Å². The number of fused-ring (bicyclic) bond motifs is 1. The Bertz CT molecular complexity index is 1160. The zero-order valence-electron chi connectivity index (χ0n) is 15.1. The molecular formula is C22H16F3N3O. The summed E-state index contributed by atoms with van der Waals surface area (Å²) in [6, 6.07) is 19.7. The van der Waals surface area contributed by atoms with E-state index in [0.29, 0.717) is 0 Å². The second-order valence-electron chi connectivity index (χ2n) is 6.57. The molecule has 0 radical (unpaired) electrons. The molecule has 0 saturated heterocycles. The normalized spacial score (nSPS) is 11.6. The molecule has 0 saturated carbocycles. The maximum Gasteiger partial charge on any atom is 0.416 e. The van der Waals surface area contributed by atoms with Crippen LogP contribution in [0, 0.1) is 0 Å². The molecule has 146 valence electrons. The number of anilines is 1. The Morgan fingerprint density at radius 3 is 2.48 bits per heavy atom. The lowest BCUT2D eigenvalue weighted by Crippen LogP contribution is -2.15. The number of alkyl halides is 3. The van der Waals surface area contributed by atoms with Gasteiger partial charge in [-0.1, -0.05) is 30.3 Å². The lowest BCUT2D eigenvalue weighted by Gasteiger charge is -2.10. The van der Waals surface area contributed by atoms with Gasteiger partial charge in [-0.15, -0.1) is 0 Å². The molecule has 0 unspecified atom stereocenters. The van der Waals surface area contributed by atoms with Crippen LogP contribution >= 0.6 is 0 Å². The summed E-state index contributed by atoms with van der Waals surface area (Å²) < 4.78 is 40.3. The molecule has 0 aliphatic heterocycles. The second kappa shape index (κ2) is 7.43. The van der Waals surface area contributed by atoms with Crippen molar-refractivity contribution >= 4 is 22.6 Å². The summed E-state index contributed by atoms with van der Waals surface area (Å²) in [5, 5.41) is 2.52. The molecule has 0 fully saturated rings. The summed E-state index contributed by atoms with van der Waals surface area (Å²) in [6.07, 6.45) is -2.66. The fourth-order valence-electron chi connectivity index (χ4n) is 3.10. The van der Waals surface area contributed by atoms with E-state index in [-0.39, 0.29) is 18.0 Å². The molecule has 0 bridgehead atoms. The van der Waals surface area contributed by atoms with Crippen LogP contribution in [0.3, 0.4) is 0 Å². The Morgan fingerprint density at radius 2 is 1.72 bits per heavy atom. The lowest BCUT2D eigenvalue weighted by atomic mass is 10.1. The molecular weight excluding hydrogens is 379 g/mol. The number of rotatable bonds is 4. The fraction of sp³-hybridized carbons (Fsp3) is 0.0909. The van der Waals surface area contributed by atoms with Crippen molar-refractivity contribution in [3.63, 3.8) is 0 Å². The highest BCUT2D eigenvalue weighted by molar-refractivity contribution is 5.92. The Labute approximate surface area is 164 Å². The first kappa shape index (κ1) is 18.7. The molecule has 1 amide bonds. The third-order valence-corrected chi connectivity index (χ3v) is 4.51. The van der Waals surface area contributed by atoms with Crippen molar-refractivity contribution in [3.8, 4) is 5.69 Å². The van der Waals surface area contributed by atoms with E-state index in [1.807, 2.05) is 53.1 Å². The molecule has 29 heavy (non-hydrogen) atoms. The van der Waals surface area contributed by atoms with Crippen molar-refractivity contribution in [2.45, 2.75) is 12.6 Å². The van der Waals surface area contributed by atoms with E-state index in [2.05, 4.69) is 10.3 Å². The maximum atomic E-state index is 12.8. The molecule has 4 nitrogen and oxygen atoms in total. The number of para-hydroxylation sites is 2. The number of imidazole rings is 1. The second-order valence-corrected chi connectivity index (χ2v) is 6.57. The summed E-state index contributed by atoms with van der Waals surface area (Å²) in [5.41, 5.74) is 2.83. The van der Waals surface area contributed by atoms with E-state index in [1.54, 1.807) is 6.33 Å². The highest BCUT2D eigenvalue weighted by Crippen LogP contribution is 2.30. The SMILES string of the molecule is O=C(Cc1ccc(-n2cnc3ccccc32)cc1)Nc1cccc(C(F)(F)F)c1. The molecule has 0 spiro atoms. The smallest absolute Gasteiger partial charge is 0.326 e. The predicted molar refractivity (Wildman–Crippen MR) is 105 cm³/mol. The maximum absolute atomic E-state index is 12.8. The van der Waals surface area contributed by atoms with Crippen molar-refractivity contribution in [1.82, 2.24) is 9.55 Å². The number of benzene rings is 3. The number of nitrogens with one attached hydrogen (secondary N) is 1. The van der Waals surface area contributed by atoms with Gasteiger partial charge in [0.15, 0.2) is 0 Å². The Kier molecular flexibility index (Phi) is 4.80. The first-order valence-electron chi connectivity index (χ1n) is 8.89. The highest BCUT2D eigenvalue weighted by atomic mass is 19.4. The zero-order chi connectivity index (χ0) is 20.4. The molecule has 4 rings (SSSR count). The van der Waals surface area contributed by atoms with Crippen LogP contribution in [0.2, 0.25) is 0 Å². The standard InChI is InChI=1S/C22H16F3N3O/c23-22(24,25)16-4-3-5-17(13-16)27-21(29)12-15-8-10-18(11-9-15)28-14-26-19-6-1-2-7-20(19)28/h1-11,13-14H,12H2,(H,27,29). The van der Waals surface area contributed by atoms with E-state index >= 15 is 0 Å². The number of hydrogen-bond acceptors (Lipinski definition) is 2. The van der Waals surface area contributed by atoms with Crippen LogP contribution in [0.1, 0.15) is 11.1 Å². The van der Waals surface area contributed by atoms with Gasteiger partial charge in [-0.05, 0) is 48.0 Å². The highest BCUT2D eigenvalue weighted by Gasteiger charge is 2.30. The summed E-state index contributed by atoms with van der Waals surface area (Å²) in [4.78, 5) is 16.6. The van der Waals surface area contributed by atoms with Crippen molar-refractivity contribution in [1.29, 1.82) is 0 Å². The quantitative estimate of drug-likeness (QED) is 0.515. The molecule has 0 aliphatic rings. The minimum absolute atomic E-state index is 0.0567. The fourth-order valence-corrected chi connectivity index (χ4v) is 3.10. The average Bonchev–Trinajstić information content (AvgIpc) is 3.12. The van der Waals surface area contributed by atoms with Crippen LogP contribution in [0.5, 0.6) is 0 Å². The van der Waals surface area contributed by atoms with E-state index in [4.69, 9.17) is 0 Å². The van der Waals surface area contributed by atoms with Crippen LogP contribution in [0.4, 0.5) is 18.9 Å². The van der Waals surface area contributed by atoms with Crippen molar-refractivity contribution < 1.29 is 18.0 Å². The molecule has 1 heterocycles. The van der Waals surface area contributed by atoms with Gasteiger partial charge in [-0.2, -0.15) is 13.2 Å². The van der Waals surface area contributed by atoms with Crippen LogP contribution in [-0.2, 0) is 17.4 Å².